The number of thioether (sulfide) groups is 1. The van der Waals surface area contributed by atoms with Crippen molar-refractivity contribution < 1.29 is 27.9 Å². The van der Waals surface area contributed by atoms with Gasteiger partial charge in [-0.15, -0.1) is 11.8 Å². The average Bonchev–Trinajstić information content (AvgIpc) is 3.58. The molecule has 3 aromatic rings. The maximum Gasteiger partial charge on any atom is 0.416 e. The third-order valence-electron chi connectivity index (χ3n) is 8.41. The van der Waals surface area contributed by atoms with Gasteiger partial charge in [0.25, 0.3) is 0 Å². The van der Waals surface area contributed by atoms with E-state index in [1.165, 1.54) is 12.1 Å². The molecule has 0 radical (unpaired) electrons. The van der Waals surface area contributed by atoms with Crippen molar-refractivity contribution in [3.63, 3.8) is 0 Å². The molecule has 2 saturated carbocycles. The van der Waals surface area contributed by atoms with Gasteiger partial charge in [0.15, 0.2) is 0 Å². The van der Waals surface area contributed by atoms with Crippen LogP contribution in [0.3, 0.4) is 0 Å². The van der Waals surface area contributed by atoms with Crippen molar-refractivity contribution in [3.05, 3.63) is 74.2 Å². The first-order valence-corrected chi connectivity index (χ1v) is 13.6. The smallest absolute Gasteiger partial charge is 0.416 e. The maximum atomic E-state index is 13.7. The molecular formula is C26H19F3N2O4S2. The number of hydrogen-bond donors (Lipinski definition) is 2. The third kappa shape index (κ3) is 3.22. The molecule has 37 heavy (non-hydrogen) atoms. The molecule has 2 N–H and O–H groups in total. The van der Waals surface area contributed by atoms with Gasteiger partial charge in [-0.3, -0.25) is 19.3 Å². The molecule has 11 heteroatoms. The van der Waals surface area contributed by atoms with E-state index in [0.29, 0.717) is 6.42 Å². The van der Waals surface area contributed by atoms with E-state index in [2.05, 4.69) is 4.98 Å². The van der Waals surface area contributed by atoms with Crippen LogP contribution < -0.4 is 9.77 Å². The minimum Gasteiger partial charge on any atom is -0.508 e. The van der Waals surface area contributed by atoms with Crippen molar-refractivity contribution in [1.82, 2.24) is 4.98 Å². The van der Waals surface area contributed by atoms with Crippen molar-refractivity contribution in [2.45, 2.75) is 28.8 Å². The van der Waals surface area contributed by atoms with Crippen LogP contribution in [0.1, 0.15) is 28.3 Å². The van der Waals surface area contributed by atoms with Gasteiger partial charge in [-0.25, -0.2) is 0 Å². The number of anilines is 1. The van der Waals surface area contributed by atoms with Crippen molar-refractivity contribution in [2.75, 3.05) is 4.90 Å². The number of thiazole rings is 1. The number of halogens is 3. The van der Waals surface area contributed by atoms with Crippen LogP contribution in [-0.2, 0) is 15.8 Å². The number of imide groups is 1. The highest BCUT2D eigenvalue weighted by molar-refractivity contribution is 8.00. The average molecular weight is 545 g/mol. The number of benzene rings is 2. The summed E-state index contributed by atoms with van der Waals surface area (Å²) in [6.45, 7) is 0. The van der Waals surface area contributed by atoms with Gasteiger partial charge in [0.1, 0.15) is 5.75 Å². The summed E-state index contributed by atoms with van der Waals surface area (Å²) in [7, 11) is 0. The first-order valence-electron chi connectivity index (χ1n) is 11.9. The third-order valence-corrected chi connectivity index (χ3v) is 11.0. The zero-order valence-electron chi connectivity index (χ0n) is 18.9. The van der Waals surface area contributed by atoms with Gasteiger partial charge in [-0.1, -0.05) is 29.5 Å². The normalized spacial score (nSPS) is 32.0. The van der Waals surface area contributed by atoms with Crippen LogP contribution in [0.4, 0.5) is 18.9 Å². The molecule has 6 nitrogen and oxygen atoms in total. The van der Waals surface area contributed by atoms with Crippen LogP contribution in [0.15, 0.2) is 58.4 Å². The highest BCUT2D eigenvalue weighted by atomic mass is 32.2. The Bertz CT molecular complexity index is 1510. The Hall–Kier alpha value is -3.05. The van der Waals surface area contributed by atoms with Crippen molar-refractivity contribution >= 4 is 40.6 Å². The maximum absolute atomic E-state index is 13.7. The molecule has 7 atom stereocenters. The molecule has 7 rings (SSSR count). The highest BCUT2D eigenvalue weighted by Gasteiger charge is 2.69. The molecule has 4 aliphatic rings. The van der Waals surface area contributed by atoms with Crippen molar-refractivity contribution in [3.8, 4) is 5.75 Å². The number of hydrogen-bond acceptors (Lipinski definition) is 6. The fourth-order valence-electron chi connectivity index (χ4n) is 7.15. The summed E-state index contributed by atoms with van der Waals surface area (Å²) in [6, 6.07) is 11.2. The number of aromatic hydroxyl groups is 1. The van der Waals surface area contributed by atoms with E-state index < -0.39 is 35.4 Å². The predicted molar refractivity (Wildman–Crippen MR) is 131 cm³/mol. The Morgan fingerprint density at radius 1 is 0.973 bits per heavy atom. The quantitative estimate of drug-likeness (QED) is 0.451. The van der Waals surface area contributed by atoms with Crippen LogP contribution >= 0.6 is 23.1 Å². The summed E-state index contributed by atoms with van der Waals surface area (Å²) >= 11 is 2.68. The second kappa shape index (κ2) is 7.73. The zero-order chi connectivity index (χ0) is 25.8. The lowest BCUT2D eigenvalue weighted by molar-refractivity contribution is -0.137. The molecule has 0 spiro atoms. The molecule has 190 valence electrons. The molecule has 2 aromatic carbocycles. The van der Waals surface area contributed by atoms with Crippen LogP contribution in [0.5, 0.6) is 5.75 Å². The first-order chi connectivity index (χ1) is 17.6. The second-order valence-corrected chi connectivity index (χ2v) is 12.3. The molecule has 3 fully saturated rings. The number of nitrogens with one attached hydrogen (secondary N) is 1. The number of aromatic amines is 1. The zero-order valence-corrected chi connectivity index (χ0v) is 20.6. The summed E-state index contributed by atoms with van der Waals surface area (Å²) in [4.78, 5) is 44.2. The van der Waals surface area contributed by atoms with E-state index in [1.54, 1.807) is 23.9 Å². The molecule has 2 amide bonds. The number of nitrogens with zero attached hydrogens (tertiary/aromatic N) is 1. The van der Waals surface area contributed by atoms with Crippen LogP contribution in [0.2, 0.25) is 0 Å². The first kappa shape index (κ1) is 23.1. The fraction of sp³-hybridized carbons (Fsp3) is 0.346. The Labute approximate surface area is 216 Å². The molecule has 2 bridgehead atoms. The Morgan fingerprint density at radius 2 is 1.68 bits per heavy atom. The number of amides is 2. The number of phenolic OH excluding ortho intramolecular Hbond substituents is 1. The Balaban J connectivity index is 1.30. The largest absolute Gasteiger partial charge is 0.508 e. The number of aromatic nitrogens is 1. The molecule has 3 heterocycles. The van der Waals surface area contributed by atoms with Gasteiger partial charge in [-0.05, 0) is 60.1 Å². The lowest BCUT2D eigenvalue weighted by atomic mass is 9.68. The molecule has 1 saturated heterocycles. The van der Waals surface area contributed by atoms with Gasteiger partial charge in [0, 0.05) is 16.0 Å². The van der Waals surface area contributed by atoms with E-state index in [0.717, 1.165) is 43.8 Å². The standard InChI is InChI=1S/C26H19F3N2O4S2/c27-26(28,29)11-2-1-3-12(8-11)31-23(33)18-14-9-15(19(18)24(31)34)20-17(14)16(10-4-6-13(32)7-5-10)21-22(36-20)30-25(35)37-21/h1-8,14-20,32H,9H2,(H,30,35)/t14-,15+,16-,17+,18+,19+,20-/m0/s1. The highest BCUT2D eigenvalue weighted by Crippen LogP contribution is 2.68. The second-order valence-electron chi connectivity index (χ2n) is 10.1. The van der Waals surface area contributed by atoms with Crippen LogP contribution in [0, 0.1) is 29.6 Å². The number of H-pyrrole nitrogens is 1. The lowest BCUT2D eigenvalue weighted by Gasteiger charge is -2.43. The molecule has 1 aromatic heterocycles. The van der Waals surface area contributed by atoms with Gasteiger partial charge in [-0.2, -0.15) is 13.2 Å². The van der Waals surface area contributed by atoms with Gasteiger partial charge < -0.3 is 10.1 Å². The van der Waals surface area contributed by atoms with Crippen LogP contribution in [-0.4, -0.2) is 27.2 Å². The fourth-order valence-corrected chi connectivity index (χ4v) is 10.0. The van der Waals surface area contributed by atoms with Crippen molar-refractivity contribution in [1.29, 1.82) is 0 Å². The van der Waals surface area contributed by atoms with E-state index >= 15 is 0 Å². The number of fused-ring (bicyclic) bond motifs is 9. The molecule has 2 aliphatic carbocycles. The van der Waals surface area contributed by atoms with Crippen LogP contribution in [0.25, 0.3) is 0 Å². The van der Waals surface area contributed by atoms with Gasteiger partial charge in [0.05, 0.1) is 28.1 Å². The summed E-state index contributed by atoms with van der Waals surface area (Å²) in [5, 5.41) is 10.6. The number of carbonyl (C=O) groups excluding carboxylic acids is 2. The summed E-state index contributed by atoms with van der Waals surface area (Å²) < 4.78 is 40.0. The predicted octanol–water partition coefficient (Wildman–Crippen LogP) is 4.84. The van der Waals surface area contributed by atoms with E-state index in [1.807, 2.05) is 12.1 Å². The summed E-state index contributed by atoms with van der Waals surface area (Å²) in [5.41, 5.74) is -0.0383. The topological polar surface area (TPSA) is 90.5 Å². The number of rotatable bonds is 2. The monoisotopic (exact) mass is 544 g/mol. The summed E-state index contributed by atoms with van der Waals surface area (Å²) in [5.74, 6) is -2.45. The number of phenols is 1. The van der Waals surface area contributed by atoms with Crippen molar-refractivity contribution in [2.24, 2.45) is 29.6 Å². The Kier molecular flexibility index (Phi) is 4.83. The molecule has 2 aliphatic heterocycles. The van der Waals surface area contributed by atoms with Gasteiger partial charge in [0.2, 0.25) is 11.8 Å². The van der Waals surface area contributed by atoms with E-state index in [4.69, 9.17) is 0 Å². The van der Waals surface area contributed by atoms with E-state index in [-0.39, 0.29) is 45.2 Å². The lowest BCUT2D eigenvalue weighted by Crippen LogP contribution is -2.42. The summed E-state index contributed by atoms with van der Waals surface area (Å²) in [6.07, 6.45) is -3.91. The SMILES string of the molecule is O=C1[C@@H]2[C@H]3C[C@@H]([C@@H]4Sc5[nH]c(=O)sc5[C@@H](c5ccc(O)cc5)[C@@H]34)[C@H]2C(=O)N1c1cccc(C(F)(F)F)c1. The molecule has 0 unspecified atom stereocenters. The number of carbonyl (C=O) groups is 2. The minimum atomic E-state index is -4.59. The number of alkyl halides is 3. The minimum absolute atomic E-state index is 0.0268. The van der Waals surface area contributed by atoms with Gasteiger partial charge >= 0.3 is 11.0 Å². The Morgan fingerprint density at radius 3 is 2.38 bits per heavy atom. The van der Waals surface area contributed by atoms with E-state index in [9.17, 15) is 32.7 Å². The molecular weight excluding hydrogens is 525 g/mol.